The van der Waals surface area contributed by atoms with Gasteiger partial charge < -0.3 is 48.5 Å². The van der Waals surface area contributed by atoms with Gasteiger partial charge in [-0.15, -0.1) is 22.4 Å². The highest BCUT2D eigenvalue weighted by Crippen LogP contribution is 2.44. The third kappa shape index (κ3) is 18.8. The average molecular weight is 1260 g/mol. The molecule has 2 saturated heterocycles. The fraction of sp³-hybridized carbons (Fsp3) is 0.482. The molecule has 20 nitrogen and oxygen atoms in total. The second-order valence-corrected chi connectivity index (χ2v) is 31.1. The number of hydrogen-bond acceptors (Lipinski definition) is 18. The van der Waals surface area contributed by atoms with E-state index in [0.717, 1.165) is 17.9 Å². The number of Topliss-reactive ketones (excluding diaryl/α,β-unsaturated/α-hetero) is 3. The molecule has 4 aliphatic heterocycles. The Kier molecular flexibility index (Phi) is 21.0. The number of sulfonamides is 1. The summed E-state index contributed by atoms with van der Waals surface area (Å²) >= 11 is -0.782. The van der Waals surface area contributed by atoms with Gasteiger partial charge in [0.1, 0.15) is 56.9 Å². The number of para-hydroxylation sites is 1. The normalized spacial score (nSPS) is 18.7. The number of nitrogens with zero attached hydrogens (tertiary/aromatic N) is 3. The standard InChI is InChI=1S/C23H35NO5Si.C17H21NO5.C8H5F6NO4S2.C8H8O3/c1-21(2,3)28-20(26)24-12-11-23(15-24)14-18(25)17-13-16(9-10-19(17)27-23)29-30(7,8)22(4,5)6;1-16(2,3)23-15(21)18-7-6-17(10-18)9-13(20)12-8-11(19)4-5-14(12)22-17;9-7(10,11)18-19-20-15(6-4-2-1-3-5-6)21(16,17)8(12,13)14;1-5(9)7-4-6(10)2-3-8(7)11/h9-10,13H,11-12,14-15H2,1-8H3;4-5,8,19H,6-7,9-10H2,1-3H3;1-5H;2-4,10-11H,1H3. The lowest BCUT2D eigenvalue weighted by molar-refractivity contribution is -0.440. The summed E-state index contributed by atoms with van der Waals surface area (Å²) in [5.41, 5.74) is -7.70. The van der Waals surface area contributed by atoms with E-state index in [2.05, 4.69) is 43.1 Å². The van der Waals surface area contributed by atoms with Crippen molar-refractivity contribution in [3.05, 3.63) is 102 Å². The molecule has 2 amide bonds. The molecule has 85 heavy (non-hydrogen) atoms. The second-order valence-electron chi connectivity index (χ2n) is 23.7. The van der Waals surface area contributed by atoms with E-state index in [-0.39, 0.29) is 70.2 Å². The van der Waals surface area contributed by atoms with Crippen molar-refractivity contribution in [3.63, 3.8) is 0 Å². The summed E-state index contributed by atoms with van der Waals surface area (Å²) in [4.78, 5) is 66.7. The molecule has 2 fully saturated rings. The van der Waals surface area contributed by atoms with Crippen LogP contribution in [0.1, 0.15) is 126 Å². The second kappa shape index (κ2) is 25.9. The minimum absolute atomic E-state index is 0.0204. The molecule has 4 aromatic carbocycles. The van der Waals surface area contributed by atoms with Crippen molar-refractivity contribution in [2.24, 2.45) is 0 Å². The van der Waals surface area contributed by atoms with Crippen LogP contribution in [0.3, 0.4) is 0 Å². The lowest BCUT2D eigenvalue weighted by atomic mass is 9.89. The molecule has 2 atom stereocenters. The quantitative estimate of drug-likeness (QED) is 0.0217. The van der Waals surface area contributed by atoms with Gasteiger partial charge in [-0.2, -0.15) is 25.3 Å². The number of aromatic hydroxyl groups is 3. The molecule has 2 spiro atoms. The van der Waals surface area contributed by atoms with Gasteiger partial charge in [0.15, 0.2) is 29.6 Å². The number of rotatable bonds is 8. The van der Waals surface area contributed by atoms with Crippen molar-refractivity contribution in [2.45, 2.75) is 147 Å². The van der Waals surface area contributed by atoms with Gasteiger partial charge in [-0.25, -0.2) is 9.59 Å². The van der Waals surface area contributed by atoms with Crippen LogP contribution in [0, 0.1) is 0 Å². The van der Waals surface area contributed by atoms with Crippen LogP contribution in [-0.2, 0) is 28.7 Å². The summed E-state index contributed by atoms with van der Waals surface area (Å²) in [6.07, 6.45) is -4.41. The first-order valence-electron chi connectivity index (χ1n) is 26.2. The Balaban J connectivity index is 0.000000217. The average Bonchev–Trinajstić information content (AvgIpc) is 3.26. The Hall–Kier alpha value is -6.95. The van der Waals surface area contributed by atoms with E-state index < -0.39 is 74.2 Å². The molecule has 0 aliphatic carbocycles. The maximum Gasteiger partial charge on any atom is 0.550 e. The first kappa shape index (κ1) is 68.8. The van der Waals surface area contributed by atoms with Crippen molar-refractivity contribution in [3.8, 4) is 34.5 Å². The van der Waals surface area contributed by atoms with Gasteiger partial charge in [-0.05, 0) is 133 Å². The largest absolute Gasteiger partial charge is 0.550 e. The minimum Gasteiger partial charge on any atom is -0.543 e. The number of ether oxygens (including phenoxy) is 4. The van der Waals surface area contributed by atoms with Gasteiger partial charge in [0.25, 0.3) is 0 Å². The summed E-state index contributed by atoms with van der Waals surface area (Å²) in [5.74, 6) is 1.36. The summed E-state index contributed by atoms with van der Waals surface area (Å²) in [6, 6.07) is 19.4. The number of benzene rings is 4. The number of fused-ring (bicyclic) bond motifs is 2. The Morgan fingerprint density at radius 3 is 1.56 bits per heavy atom. The van der Waals surface area contributed by atoms with E-state index in [9.17, 15) is 63.8 Å². The molecule has 4 aromatic rings. The van der Waals surface area contributed by atoms with Crippen LogP contribution >= 0.6 is 12.2 Å². The summed E-state index contributed by atoms with van der Waals surface area (Å²) < 4.78 is 128. The number of halogens is 6. The number of likely N-dealkylation sites (tertiary alicyclic amines) is 2. The van der Waals surface area contributed by atoms with Crippen LogP contribution < -0.4 is 17.6 Å². The van der Waals surface area contributed by atoms with Gasteiger partial charge in [-0.1, -0.05) is 39.0 Å². The number of carbonyl (C=O) groups excluding carboxylic acids is 5. The Morgan fingerprint density at radius 2 is 1.13 bits per heavy atom. The smallest absolute Gasteiger partial charge is 0.543 e. The van der Waals surface area contributed by atoms with Crippen LogP contribution in [-0.4, -0.2) is 132 Å². The number of phenols is 3. The van der Waals surface area contributed by atoms with Gasteiger partial charge in [-0.3, -0.25) is 14.4 Å². The molecule has 8 rings (SSSR count). The van der Waals surface area contributed by atoms with E-state index in [1.807, 2.05) is 59.7 Å². The molecule has 468 valence electrons. The monoisotopic (exact) mass is 1260 g/mol. The number of hydrogen-bond donors (Lipinski definition) is 3. The number of ketones is 3. The topological polar surface area (TPSA) is 255 Å². The van der Waals surface area contributed by atoms with E-state index in [0.29, 0.717) is 61.6 Å². The van der Waals surface area contributed by atoms with Gasteiger partial charge in [0.2, 0.25) is 8.32 Å². The number of carbonyl (C=O) groups is 5. The first-order valence-corrected chi connectivity index (χ1v) is 31.2. The maximum atomic E-state index is 13.0. The molecule has 4 aliphatic rings. The van der Waals surface area contributed by atoms with Gasteiger partial charge in [0, 0.05) is 25.9 Å². The zero-order valence-corrected chi connectivity index (χ0v) is 51.4. The van der Waals surface area contributed by atoms with Crippen molar-refractivity contribution < 1.29 is 107 Å². The Bertz CT molecular complexity index is 3210. The highest BCUT2D eigenvalue weighted by atomic mass is 32.3. The molecule has 0 saturated carbocycles. The molecular formula is C56H69F6N3O17S2Si. The molecule has 29 heteroatoms. The van der Waals surface area contributed by atoms with Crippen LogP contribution in [0.2, 0.25) is 18.1 Å². The summed E-state index contributed by atoms with van der Waals surface area (Å²) in [5, 5.41) is 27.6. The number of anilines is 1. The Morgan fingerprint density at radius 1 is 0.671 bits per heavy atom. The van der Waals surface area contributed by atoms with E-state index in [1.165, 1.54) is 55.5 Å². The lowest BCUT2D eigenvalue weighted by Crippen LogP contribution is -2.46. The van der Waals surface area contributed by atoms with Crippen molar-refractivity contribution in [1.29, 1.82) is 0 Å². The lowest BCUT2D eigenvalue weighted by Gasteiger charge is -2.37. The zero-order chi connectivity index (χ0) is 64.1. The molecule has 3 N–H and O–H groups in total. The molecule has 0 radical (unpaired) electrons. The molecule has 2 unspecified atom stereocenters. The van der Waals surface area contributed by atoms with E-state index in [4.69, 9.17) is 33.6 Å². The van der Waals surface area contributed by atoms with Crippen LogP contribution in [0.5, 0.6) is 34.5 Å². The highest BCUT2D eigenvalue weighted by Gasteiger charge is 2.53. The summed E-state index contributed by atoms with van der Waals surface area (Å²) in [7, 11) is -7.98. The maximum absolute atomic E-state index is 13.0. The summed E-state index contributed by atoms with van der Waals surface area (Å²) in [6.45, 7) is 24.9. The van der Waals surface area contributed by atoms with Gasteiger partial charge in [0.05, 0.1) is 48.3 Å². The minimum atomic E-state index is -5.99. The fourth-order valence-electron chi connectivity index (χ4n) is 8.33. The predicted octanol–water partition coefficient (Wildman–Crippen LogP) is 12.8. The first-order chi connectivity index (χ1) is 38.8. The Labute approximate surface area is 493 Å². The van der Waals surface area contributed by atoms with E-state index >= 15 is 0 Å². The molecule has 0 aromatic heterocycles. The van der Waals surface area contributed by atoms with Crippen molar-refractivity contribution >= 4 is 65.8 Å². The van der Waals surface area contributed by atoms with Gasteiger partial charge >= 0.3 is 34.1 Å². The fourth-order valence-corrected chi connectivity index (χ4v) is 11.0. The van der Waals surface area contributed by atoms with Crippen molar-refractivity contribution in [2.75, 3.05) is 29.9 Å². The highest BCUT2D eigenvalue weighted by molar-refractivity contribution is 8.12. The molecule has 0 bridgehead atoms. The van der Waals surface area contributed by atoms with Crippen LogP contribution in [0.15, 0.2) is 84.9 Å². The third-order valence-electron chi connectivity index (χ3n) is 13.3. The predicted molar refractivity (Wildman–Crippen MR) is 301 cm³/mol. The third-order valence-corrected chi connectivity index (χ3v) is 20.1. The SMILES string of the molecule is CC(=O)c1cc(O)ccc1O.CC(C)(C)OC(=O)N1CCC2(CC(=O)c3cc(O)ccc3O2)C1.CC(C)(C)OC(=O)N1CCC2(CC(=O)c3cc(O[Si](C)(C)C(C)(C)C)ccc3O2)C1.O=S(=O)(N(SOOC(F)(F)F)c1ccccc1)C(F)(F)F. The number of alkyl halides is 6. The number of amides is 2. The van der Waals surface area contributed by atoms with Crippen LogP contribution in [0.25, 0.3) is 0 Å². The zero-order valence-electron chi connectivity index (χ0n) is 48.7. The van der Waals surface area contributed by atoms with Crippen LogP contribution in [0.4, 0.5) is 41.6 Å². The van der Waals surface area contributed by atoms with Crippen molar-refractivity contribution in [1.82, 2.24) is 9.80 Å². The molecular weight excluding hydrogens is 1190 g/mol. The van der Waals surface area contributed by atoms with E-state index in [1.54, 1.807) is 15.9 Å². The number of phenolic OH excluding ortho intramolecular Hbond substituents is 3. The molecule has 4 heterocycles.